The number of rotatable bonds is 4. The van der Waals surface area contributed by atoms with Gasteiger partial charge in [-0.05, 0) is 47.2 Å². The fraction of sp³-hybridized carbons (Fsp3) is 0.227. The average Bonchev–Trinajstić information content (AvgIpc) is 2.73. The highest BCUT2D eigenvalue weighted by molar-refractivity contribution is 5.86. The number of ether oxygens (including phenoxy) is 1. The van der Waals surface area contributed by atoms with Gasteiger partial charge in [-0.15, -0.1) is 0 Å². The molecule has 0 aliphatic carbocycles. The van der Waals surface area contributed by atoms with E-state index in [0.29, 0.717) is 18.8 Å². The first kappa shape index (κ1) is 17.2. The Kier molecular flexibility index (Phi) is 4.83. The third-order valence-corrected chi connectivity index (χ3v) is 4.93. The molecule has 1 fully saturated rings. The fourth-order valence-corrected chi connectivity index (χ4v) is 3.37. The summed E-state index contributed by atoms with van der Waals surface area (Å²) in [5.41, 5.74) is 1.20. The molecule has 3 aromatic rings. The van der Waals surface area contributed by atoms with Crippen LogP contribution in [0.1, 0.15) is 0 Å². The Morgan fingerprint density at radius 3 is 2.33 bits per heavy atom. The molecule has 0 atom stereocenters. The van der Waals surface area contributed by atoms with Crippen molar-refractivity contribution in [2.75, 3.05) is 37.7 Å². The van der Waals surface area contributed by atoms with Crippen LogP contribution in [0.5, 0.6) is 11.5 Å². The van der Waals surface area contributed by atoms with Crippen molar-refractivity contribution < 1.29 is 14.6 Å². The van der Waals surface area contributed by atoms with E-state index in [0.717, 1.165) is 13.1 Å². The molecule has 27 heavy (non-hydrogen) atoms. The van der Waals surface area contributed by atoms with E-state index < -0.39 is 0 Å². The molecule has 5 nitrogen and oxygen atoms in total. The minimum absolute atomic E-state index is 0.0127. The molecule has 0 unspecified atom stereocenters. The van der Waals surface area contributed by atoms with Crippen LogP contribution >= 0.6 is 0 Å². The number of anilines is 1. The first-order chi connectivity index (χ1) is 13.2. The van der Waals surface area contributed by atoms with Gasteiger partial charge in [0.05, 0.1) is 0 Å². The monoisotopic (exact) mass is 362 g/mol. The summed E-state index contributed by atoms with van der Waals surface area (Å²) in [7, 11) is 0. The largest absolute Gasteiger partial charge is 0.508 e. The van der Waals surface area contributed by atoms with Crippen LogP contribution in [-0.2, 0) is 4.79 Å². The van der Waals surface area contributed by atoms with Gasteiger partial charge in [0.15, 0.2) is 6.61 Å². The van der Waals surface area contributed by atoms with Gasteiger partial charge in [0, 0.05) is 31.9 Å². The fourth-order valence-electron chi connectivity index (χ4n) is 3.37. The summed E-state index contributed by atoms with van der Waals surface area (Å²) in [6, 6.07) is 21.2. The SMILES string of the molecule is O=C(COc1ccc(O)cc1)N1CCN(c2ccc3ccccc3c2)CC1. The van der Waals surface area contributed by atoms with E-state index in [4.69, 9.17) is 4.74 Å². The molecule has 1 saturated heterocycles. The van der Waals surface area contributed by atoms with Crippen LogP contribution in [0.2, 0.25) is 0 Å². The van der Waals surface area contributed by atoms with Crippen LogP contribution in [-0.4, -0.2) is 48.7 Å². The molecule has 0 radical (unpaired) electrons. The van der Waals surface area contributed by atoms with Crippen molar-refractivity contribution in [3.05, 3.63) is 66.7 Å². The third kappa shape index (κ3) is 3.97. The van der Waals surface area contributed by atoms with Crippen molar-refractivity contribution >= 4 is 22.4 Å². The van der Waals surface area contributed by atoms with E-state index >= 15 is 0 Å². The van der Waals surface area contributed by atoms with Crippen molar-refractivity contribution in [2.45, 2.75) is 0 Å². The number of phenols is 1. The van der Waals surface area contributed by atoms with Gasteiger partial charge in [-0.3, -0.25) is 4.79 Å². The second-order valence-corrected chi connectivity index (χ2v) is 6.68. The van der Waals surface area contributed by atoms with E-state index in [1.165, 1.54) is 16.5 Å². The molecule has 0 spiro atoms. The van der Waals surface area contributed by atoms with Crippen LogP contribution in [0, 0.1) is 0 Å². The van der Waals surface area contributed by atoms with Crippen LogP contribution in [0.4, 0.5) is 5.69 Å². The summed E-state index contributed by atoms with van der Waals surface area (Å²) < 4.78 is 5.52. The zero-order valence-electron chi connectivity index (χ0n) is 15.0. The van der Waals surface area contributed by atoms with E-state index in [-0.39, 0.29) is 18.3 Å². The molecule has 0 aromatic heterocycles. The smallest absolute Gasteiger partial charge is 0.260 e. The van der Waals surface area contributed by atoms with Gasteiger partial charge in [-0.1, -0.05) is 30.3 Å². The van der Waals surface area contributed by atoms with Crippen LogP contribution in [0.25, 0.3) is 10.8 Å². The standard InChI is InChI=1S/C22H22N2O3/c25-20-7-9-21(10-8-20)27-16-22(26)24-13-11-23(12-14-24)19-6-5-17-3-1-2-4-18(17)15-19/h1-10,15,25H,11-14,16H2. The minimum atomic E-state index is -0.0127. The molecule has 0 bridgehead atoms. The van der Waals surface area contributed by atoms with Gasteiger partial charge in [0.25, 0.3) is 5.91 Å². The Morgan fingerprint density at radius 1 is 0.889 bits per heavy atom. The molecule has 0 saturated carbocycles. The molecule has 1 amide bonds. The van der Waals surface area contributed by atoms with E-state index in [9.17, 15) is 9.90 Å². The summed E-state index contributed by atoms with van der Waals surface area (Å²) in [4.78, 5) is 16.6. The van der Waals surface area contributed by atoms with E-state index in [2.05, 4.69) is 41.3 Å². The summed E-state index contributed by atoms with van der Waals surface area (Å²) in [5, 5.41) is 11.7. The predicted octanol–water partition coefficient (Wildman–Crippen LogP) is 3.27. The zero-order valence-corrected chi connectivity index (χ0v) is 15.0. The first-order valence-corrected chi connectivity index (χ1v) is 9.12. The van der Waals surface area contributed by atoms with Gasteiger partial charge >= 0.3 is 0 Å². The number of carbonyl (C=O) groups excluding carboxylic acids is 1. The van der Waals surface area contributed by atoms with Gasteiger partial charge in [0.1, 0.15) is 11.5 Å². The lowest BCUT2D eigenvalue weighted by Crippen LogP contribution is -2.50. The van der Waals surface area contributed by atoms with Crippen molar-refractivity contribution in [1.29, 1.82) is 0 Å². The Hall–Kier alpha value is -3.21. The molecule has 3 aromatic carbocycles. The summed E-state index contributed by atoms with van der Waals surface area (Å²) in [6.07, 6.45) is 0. The van der Waals surface area contributed by atoms with Crippen molar-refractivity contribution in [3.8, 4) is 11.5 Å². The number of phenolic OH excluding ortho intramolecular Hbond substituents is 1. The van der Waals surface area contributed by atoms with Crippen molar-refractivity contribution in [2.24, 2.45) is 0 Å². The highest BCUT2D eigenvalue weighted by atomic mass is 16.5. The maximum absolute atomic E-state index is 12.4. The van der Waals surface area contributed by atoms with Crippen molar-refractivity contribution in [3.63, 3.8) is 0 Å². The molecule has 1 heterocycles. The Balaban J connectivity index is 1.32. The molecule has 138 valence electrons. The molecule has 5 heteroatoms. The maximum Gasteiger partial charge on any atom is 0.260 e. The molecule has 1 N–H and O–H groups in total. The number of nitrogens with zero attached hydrogens (tertiary/aromatic N) is 2. The summed E-state index contributed by atoms with van der Waals surface area (Å²) >= 11 is 0. The van der Waals surface area contributed by atoms with Gasteiger partial charge in [0.2, 0.25) is 0 Å². The Labute approximate surface area is 158 Å². The van der Waals surface area contributed by atoms with Crippen LogP contribution in [0.15, 0.2) is 66.7 Å². The lowest BCUT2D eigenvalue weighted by atomic mass is 10.1. The Morgan fingerprint density at radius 2 is 1.59 bits per heavy atom. The second-order valence-electron chi connectivity index (χ2n) is 6.68. The van der Waals surface area contributed by atoms with E-state index in [1.54, 1.807) is 24.3 Å². The van der Waals surface area contributed by atoms with E-state index in [1.807, 2.05) is 11.0 Å². The highest BCUT2D eigenvalue weighted by Crippen LogP contribution is 2.23. The summed E-state index contributed by atoms with van der Waals surface area (Å²) in [6.45, 7) is 3.00. The number of carbonyl (C=O) groups is 1. The molecular weight excluding hydrogens is 340 g/mol. The van der Waals surface area contributed by atoms with Gasteiger partial charge in [-0.25, -0.2) is 0 Å². The quantitative estimate of drug-likeness (QED) is 0.774. The topological polar surface area (TPSA) is 53.0 Å². The highest BCUT2D eigenvalue weighted by Gasteiger charge is 2.21. The summed E-state index contributed by atoms with van der Waals surface area (Å²) in [5.74, 6) is 0.746. The molecule has 4 rings (SSSR count). The number of piperazine rings is 1. The molecule has 1 aliphatic heterocycles. The number of hydrogen-bond acceptors (Lipinski definition) is 4. The molecule has 1 aliphatic rings. The average molecular weight is 362 g/mol. The third-order valence-electron chi connectivity index (χ3n) is 4.93. The Bertz CT molecular complexity index is 932. The maximum atomic E-state index is 12.4. The number of fused-ring (bicyclic) bond motifs is 1. The zero-order chi connectivity index (χ0) is 18.6. The number of amides is 1. The number of benzene rings is 3. The molecular formula is C22H22N2O3. The first-order valence-electron chi connectivity index (χ1n) is 9.12. The number of hydrogen-bond donors (Lipinski definition) is 1. The lowest BCUT2D eigenvalue weighted by Gasteiger charge is -2.36. The number of aromatic hydroxyl groups is 1. The second kappa shape index (κ2) is 7.58. The predicted molar refractivity (Wildman–Crippen MR) is 106 cm³/mol. The van der Waals surface area contributed by atoms with Crippen molar-refractivity contribution in [1.82, 2.24) is 4.90 Å². The van der Waals surface area contributed by atoms with Crippen LogP contribution < -0.4 is 9.64 Å². The lowest BCUT2D eigenvalue weighted by molar-refractivity contribution is -0.133. The van der Waals surface area contributed by atoms with Gasteiger partial charge in [-0.2, -0.15) is 0 Å². The van der Waals surface area contributed by atoms with Crippen LogP contribution in [0.3, 0.4) is 0 Å². The minimum Gasteiger partial charge on any atom is -0.508 e. The normalized spacial score (nSPS) is 14.4. The van der Waals surface area contributed by atoms with Gasteiger partial charge < -0.3 is 19.6 Å².